The quantitative estimate of drug-likeness (QED) is 0.830. The number of pyridine rings is 1. The Morgan fingerprint density at radius 1 is 1.21 bits per heavy atom. The molecule has 1 fully saturated rings. The van der Waals surface area contributed by atoms with Crippen LogP contribution in [0.25, 0.3) is 0 Å². The maximum Gasteiger partial charge on any atom is 0.269 e. The average molecular weight is 256 g/mol. The number of aromatic nitrogens is 3. The van der Waals surface area contributed by atoms with Gasteiger partial charge in [0.15, 0.2) is 0 Å². The first-order chi connectivity index (χ1) is 9.33. The van der Waals surface area contributed by atoms with Gasteiger partial charge < -0.3 is 4.90 Å². The van der Waals surface area contributed by atoms with Crippen LogP contribution in [0.2, 0.25) is 0 Å². The average Bonchev–Trinajstić information content (AvgIpc) is 2.96. The monoisotopic (exact) mass is 256 g/mol. The Morgan fingerprint density at radius 3 is 2.74 bits per heavy atom. The van der Waals surface area contributed by atoms with Crippen LogP contribution in [0.1, 0.15) is 18.4 Å². The molecule has 0 saturated carbocycles. The molecule has 2 aromatic heterocycles. The molecule has 0 spiro atoms. The molecule has 1 aliphatic rings. The molecule has 0 radical (unpaired) electrons. The normalized spacial score (nSPS) is 14.8. The van der Waals surface area contributed by atoms with Crippen molar-refractivity contribution in [2.75, 3.05) is 18.0 Å². The van der Waals surface area contributed by atoms with Gasteiger partial charge in [0.25, 0.3) is 5.56 Å². The summed E-state index contributed by atoms with van der Waals surface area (Å²) in [4.78, 5) is 18.3. The van der Waals surface area contributed by atoms with Crippen LogP contribution in [0, 0.1) is 0 Å². The summed E-state index contributed by atoms with van der Waals surface area (Å²) in [6.45, 7) is 2.51. The summed E-state index contributed by atoms with van der Waals surface area (Å²) >= 11 is 0. The number of rotatable bonds is 3. The van der Waals surface area contributed by atoms with Gasteiger partial charge in [0.2, 0.25) is 0 Å². The van der Waals surface area contributed by atoms with E-state index < -0.39 is 0 Å². The summed E-state index contributed by atoms with van der Waals surface area (Å²) in [5.41, 5.74) is 1.85. The summed E-state index contributed by atoms with van der Waals surface area (Å²) in [6.07, 6.45) is 7.64. The minimum atomic E-state index is -0.0618. The van der Waals surface area contributed by atoms with Gasteiger partial charge in [-0.1, -0.05) is 6.07 Å². The number of anilines is 1. The van der Waals surface area contributed by atoms with Crippen molar-refractivity contribution in [1.82, 2.24) is 14.8 Å². The summed E-state index contributed by atoms with van der Waals surface area (Å²) in [6, 6.07) is 5.48. The Hall–Kier alpha value is -2.17. The van der Waals surface area contributed by atoms with Crippen molar-refractivity contribution in [2.24, 2.45) is 0 Å². The predicted octanol–water partition coefficient (Wildman–Crippen LogP) is 1.29. The fourth-order valence-corrected chi connectivity index (χ4v) is 2.36. The molecular formula is C14H16N4O. The zero-order chi connectivity index (χ0) is 13.1. The second kappa shape index (κ2) is 5.22. The van der Waals surface area contributed by atoms with Gasteiger partial charge in [0.1, 0.15) is 0 Å². The van der Waals surface area contributed by atoms with Crippen molar-refractivity contribution >= 4 is 5.69 Å². The van der Waals surface area contributed by atoms with Crippen LogP contribution in [0.3, 0.4) is 0 Å². The van der Waals surface area contributed by atoms with E-state index in [1.54, 1.807) is 24.7 Å². The molecule has 0 bridgehead atoms. The van der Waals surface area contributed by atoms with Gasteiger partial charge in [0, 0.05) is 31.5 Å². The number of hydrogen-bond acceptors (Lipinski definition) is 4. The van der Waals surface area contributed by atoms with Gasteiger partial charge in [-0.2, -0.15) is 5.10 Å². The van der Waals surface area contributed by atoms with Gasteiger partial charge in [-0.25, -0.2) is 4.68 Å². The Morgan fingerprint density at radius 2 is 2.05 bits per heavy atom. The van der Waals surface area contributed by atoms with E-state index >= 15 is 0 Å². The molecule has 1 saturated heterocycles. The highest BCUT2D eigenvalue weighted by Crippen LogP contribution is 2.16. The third kappa shape index (κ3) is 2.65. The summed E-state index contributed by atoms with van der Waals surface area (Å²) in [7, 11) is 0. The first-order valence-corrected chi connectivity index (χ1v) is 6.54. The van der Waals surface area contributed by atoms with Crippen LogP contribution in [-0.4, -0.2) is 27.9 Å². The van der Waals surface area contributed by atoms with E-state index in [9.17, 15) is 4.79 Å². The van der Waals surface area contributed by atoms with E-state index in [0.717, 1.165) is 24.3 Å². The van der Waals surface area contributed by atoms with Gasteiger partial charge in [0.05, 0.1) is 18.4 Å². The van der Waals surface area contributed by atoms with Crippen molar-refractivity contribution in [3.8, 4) is 0 Å². The topological polar surface area (TPSA) is 51.0 Å². The minimum absolute atomic E-state index is 0.0618. The number of hydrogen-bond donors (Lipinski definition) is 0. The van der Waals surface area contributed by atoms with Crippen LogP contribution < -0.4 is 10.5 Å². The highest BCUT2D eigenvalue weighted by Gasteiger charge is 2.13. The molecule has 2 aromatic rings. The smallest absolute Gasteiger partial charge is 0.269 e. The highest BCUT2D eigenvalue weighted by atomic mass is 16.1. The molecule has 3 rings (SSSR count). The van der Waals surface area contributed by atoms with E-state index in [1.165, 1.54) is 17.5 Å². The molecule has 0 N–H and O–H groups in total. The molecule has 0 aromatic carbocycles. The van der Waals surface area contributed by atoms with E-state index in [2.05, 4.69) is 15.0 Å². The fourth-order valence-electron chi connectivity index (χ4n) is 2.36. The first-order valence-electron chi connectivity index (χ1n) is 6.54. The predicted molar refractivity (Wildman–Crippen MR) is 73.3 cm³/mol. The van der Waals surface area contributed by atoms with Gasteiger partial charge >= 0.3 is 0 Å². The van der Waals surface area contributed by atoms with E-state index in [0.29, 0.717) is 6.54 Å². The lowest BCUT2D eigenvalue weighted by atomic mass is 10.3. The van der Waals surface area contributed by atoms with Crippen LogP contribution in [0.5, 0.6) is 0 Å². The lowest BCUT2D eigenvalue weighted by Crippen LogP contribution is -2.26. The Balaban J connectivity index is 1.82. The van der Waals surface area contributed by atoms with Crippen molar-refractivity contribution in [3.05, 3.63) is 52.7 Å². The SMILES string of the molecule is O=c1cc(N2CCCC2)cnn1Cc1cccnc1. The zero-order valence-corrected chi connectivity index (χ0v) is 10.7. The molecular weight excluding hydrogens is 240 g/mol. The van der Waals surface area contributed by atoms with E-state index in [1.807, 2.05) is 12.1 Å². The Kier molecular flexibility index (Phi) is 3.27. The summed E-state index contributed by atoms with van der Waals surface area (Å²) in [5, 5.41) is 4.25. The van der Waals surface area contributed by atoms with Crippen LogP contribution in [0.4, 0.5) is 5.69 Å². The summed E-state index contributed by atoms with van der Waals surface area (Å²) < 4.78 is 1.47. The lowest BCUT2D eigenvalue weighted by Gasteiger charge is -2.17. The largest absolute Gasteiger partial charge is 0.370 e. The van der Waals surface area contributed by atoms with Gasteiger partial charge in [-0.3, -0.25) is 9.78 Å². The second-order valence-electron chi connectivity index (χ2n) is 4.77. The van der Waals surface area contributed by atoms with Gasteiger partial charge in [-0.05, 0) is 24.5 Å². The molecule has 19 heavy (non-hydrogen) atoms. The molecule has 3 heterocycles. The maximum atomic E-state index is 12.1. The number of nitrogens with zero attached hydrogens (tertiary/aromatic N) is 4. The highest BCUT2D eigenvalue weighted by molar-refractivity contribution is 5.43. The molecule has 1 aliphatic heterocycles. The molecule has 5 heteroatoms. The van der Waals surface area contributed by atoms with Crippen molar-refractivity contribution in [3.63, 3.8) is 0 Å². The van der Waals surface area contributed by atoms with Crippen LogP contribution in [0.15, 0.2) is 41.6 Å². The third-order valence-electron chi connectivity index (χ3n) is 3.38. The molecule has 0 atom stereocenters. The molecule has 0 amide bonds. The summed E-state index contributed by atoms with van der Waals surface area (Å²) in [5.74, 6) is 0. The van der Waals surface area contributed by atoms with E-state index in [-0.39, 0.29) is 5.56 Å². The first kappa shape index (κ1) is 11.9. The Labute approximate surface area is 111 Å². The zero-order valence-electron chi connectivity index (χ0n) is 10.7. The molecule has 0 aliphatic carbocycles. The minimum Gasteiger partial charge on any atom is -0.370 e. The van der Waals surface area contributed by atoms with Crippen molar-refractivity contribution in [1.29, 1.82) is 0 Å². The van der Waals surface area contributed by atoms with Gasteiger partial charge in [-0.15, -0.1) is 0 Å². The maximum absolute atomic E-state index is 12.1. The Bertz CT molecular complexity index is 602. The fraction of sp³-hybridized carbons (Fsp3) is 0.357. The van der Waals surface area contributed by atoms with Crippen LogP contribution in [-0.2, 0) is 6.54 Å². The third-order valence-corrected chi connectivity index (χ3v) is 3.38. The van der Waals surface area contributed by atoms with Crippen molar-refractivity contribution < 1.29 is 0 Å². The van der Waals surface area contributed by atoms with E-state index in [4.69, 9.17) is 0 Å². The standard InChI is InChI=1S/C14H16N4O/c19-14-8-13(17-6-1-2-7-17)10-16-18(14)11-12-4-3-5-15-9-12/h3-5,8-10H,1-2,6-7,11H2. The van der Waals surface area contributed by atoms with Crippen molar-refractivity contribution in [2.45, 2.75) is 19.4 Å². The van der Waals surface area contributed by atoms with Crippen LogP contribution >= 0.6 is 0 Å². The lowest BCUT2D eigenvalue weighted by molar-refractivity contribution is 0.636. The molecule has 98 valence electrons. The second-order valence-corrected chi connectivity index (χ2v) is 4.77. The molecule has 5 nitrogen and oxygen atoms in total. The molecule has 0 unspecified atom stereocenters.